The summed E-state index contributed by atoms with van der Waals surface area (Å²) in [4.78, 5) is 0. The van der Waals surface area contributed by atoms with Crippen molar-refractivity contribution in [2.75, 3.05) is 67.7 Å². The summed E-state index contributed by atoms with van der Waals surface area (Å²) >= 11 is -1.61. The van der Waals surface area contributed by atoms with Gasteiger partial charge in [0.1, 0.15) is 0 Å². The van der Waals surface area contributed by atoms with Crippen LogP contribution >= 0.6 is 35.2 Å². The van der Waals surface area contributed by atoms with E-state index in [-0.39, 0.29) is 24.8 Å². The van der Waals surface area contributed by atoms with Crippen molar-refractivity contribution in [3.63, 3.8) is 0 Å². The third-order valence-electron chi connectivity index (χ3n) is 11.2. The standard InChI is InChI=1S/2C17H35NP.C7H6.4ClH.Ru/c2*1-18(2,3)14-15-19(16-10-6-4-7-11-16)17-12-8-5-9-13-17;1-7-5-3-2-4-6-7;;;;;/h2*16-17H,4-15H2,1-3H3;1-6H;4*1H;/q2*+1;;;;;;+2/p-4. The summed E-state index contributed by atoms with van der Waals surface area (Å²) in [5.74, 6) is 0. The van der Waals surface area contributed by atoms with Gasteiger partial charge in [-0.3, -0.25) is 0 Å². The number of hydrogen-bond donors (Lipinski definition) is 0. The van der Waals surface area contributed by atoms with Crippen LogP contribution in [-0.2, 0) is 13.5 Å². The average Bonchev–Trinajstić information content (AvgIpc) is 3.07. The van der Waals surface area contributed by atoms with E-state index < -0.39 is 13.5 Å². The third-order valence-corrected chi connectivity index (χ3v) is 20.3. The predicted molar refractivity (Wildman–Crippen MR) is 220 cm³/mol. The topological polar surface area (TPSA) is 0 Å². The van der Waals surface area contributed by atoms with Crippen molar-refractivity contribution in [2.24, 2.45) is 0 Å². The van der Waals surface area contributed by atoms with Gasteiger partial charge in [-0.2, -0.15) is 0 Å². The normalized spacial score (nSPS) is 20.4. The first-order valence-electron chi connectivity index (χ1n) is 19.9. The molecule has 0 atom stereocenters. The van der Waals surface area contributed by atoms with Crippen molar-refractivity contribution in [2.45, 2.75) is 151 Å². The summed E-state index contributed by atoms with van der Waals surface area (Å²) in [6.07, 6.45) is 33.9. The molecule has 4 fully saturated rings. The van der Waals surface area contributed by atoms with Gasteiger partial charge in [-0.15, -0.1) is 0 Å². The van der Waals surface area contributed by atoms with Gasteiger partial charge in [0, 0.05) is 12.3 Å². The SMILES string of the molecule is C[N+](C)(C)CCP(C1CCCCC1)C1CCCCC1.C[N+](C)(C)CCP(C1CCCCC1)C1CCCCC1.[Cl-].[Cl-].[Cl][Ru]([Cl])=[CH]c1ccccc1. The molecule has 1 aromatic rings. The summed E-state index contributed by atoms with van der Waals surface area (Å²) < 4.78 is 4.25. The maximum absolute atomic E-state index is 5.67. The first-order valence-corrected chi connectivity index (χ1v) is 28.7. The number of hydrogen-bond acceptors (Lipinski definition) is 0. The van der Waals surface area contributed by atoms with Crippen molar-refractivity contribution < 1.29 is 47.3 Å². The second kappa shape index (κ2) is 27.3. The average molecular weight is 902 g/mol. The van der Waals surface area contributed by atoms with E-state index in [2.05, 4.69) is 42.3 Å². The molecule has 4 saturated carbocycles. The molecule has 4 aliphatic rings. The van der Waals surface area contributed by atoms with Crippen LogP contribution in [0.15, 0.2) is 30.3 Å². The zero-order valence-electron chi connectivity index (χ0n) is 32.9. The Hall–Kier alpha value is 1.65. The zero-order chi connectivity index (χ0) is 34.8. The van der Waals surface area contributed by atoms with Crippen LogP contribution in [0, 0.1) is 0 Å². The molecule has 4 aliphatic carbocycles. The van der Waals surface area contributed by atoms with Gasteiger partial charge < -0.3 is 33.8 Å². The first kappa shape index (κ1) is 49.7. The van der Waals surface area contributed by atoms with Gasteiger partial charge in [0.25, 0.3) is 0 Å². The van der Waals surface area contributed by atoms with E-state index in [1.165, 1.54) is 90.1 Å². The summed E-state index contributed by atoms with van der Waals surface area (Å²) in [5.41, 5.74) is 5.67. The Morgan fingerprint density at radius 2 is 0.800 bits per heavy atom. The number of quaternary nitrogens is 2. The van der Waals surface area contributed by atoms with E-state index >= 15 is 0 Å². The molecule has 0 spiro atoms. The number of halogens is 4. The molecule has 0 bridgehead atoms. The molecule has 2 nitrogen and oxygen atoms in total. The first-order chi connectivity index (χ1) is 22.9. The fourth-order valence-corrected chi connectivity index (χ4v) is 18.7. The van der Waals surface area contributed by atoms with E-state index in [0.717, 1.165) is 37.2 Å². The van der Waals surface area contributed by atoms with Crippen molar-refractivity contribution in [3.8, 4) is 0 Å². The van der Waals surface area contributed by atoms with Crippen LogP contribution in [-0.4, -0.2) is 104 Å². The molecular weight excluding hydrogens is 825 g/mol. The molecule has 0 amide bonds. The molecule has 0 heterocycles. The fourth-order valence-electron chi connectivity index (χ4n) is 8.42. The molecule has 5 rings (SSSR count). The van der Waals surface area contributed by atoms with Gasteiger partial charge in [-0.25, -0.2) is 0 Å². The molecule has 9 heteroatoms. The molecule has 0 unspecified atom stereocenters. The Balaban J connectivity index is 0.000000385. The Morgan fingerprint density at radius 3 is 1.04 bits per heavy atom. The van der Waals surface area contributed by atoms with Crippen LogP contribution in [0.5, 0.6) is 0 Å². The quantitative estimate of drug-likeness (QED) is 0.136. The van der Waals surface area contributed by atoms with Crippen LogP contribution in [0.4, 0.5) is 0 Å². The van der Waals surface area contributed by atoms with E-state index in [9.17, 15) is 0 Å². The molecule has 0 aromatic heterocycles. The molecule has 296 valence electrons. The maximum atomic E-state index is 5.67. The van der Waals surface area contributed by atoms with Crippen molar-refractivity contribution in [3.05, 3.63) is 35.9 Å². The van der Waals surface area contributed by atoms with E-state index in [1.54, 1.807) is 63.7 Å². The summed E-state index contributed by atoms with van der Waals surface area (Å²) in [6, 6.07) is 9.89. The van der Waals surface area contributed by atoms with E-state index in [0.29, 0.717) is 15.8 Å². The number of rotatable bonds is 11. The molecular formula is C41H76Cl4N2P2Ru. The van der Waals surface area contributed by atoms with E-state index in [4.69, 9.17) is 19.4 Å². The van der Waals surface area contributed by atoms with Crippen LogP contribution in [0.1, 0.15) is 134 Å². The molecule has 0 radical (unpaired) electrons. The second-order valence-corrected chi connectivity index (χ2v) is 29.0. The minimum atomic E-state index is -1.61. The fraction of sp³-hybridized carbons (Fsp3) is 0.829. The van der Waals surface area contributed by atoms with Crippen LogP contribution in [0.3, 0.4) is 0 Å². The van der Waals surface area contributed by atoms with Crippen molar-refractivity contribution in [1.29, 1.82) is 0 Å². The zero-order valence-corrected chi connectivity index (χ0v) is 39.4. The number of nitrogens with zero attached hydrogens (tertiary/aromatic N) is 2. The van der Waals surface area contributed by atoms with Crippen LogP contribution in [0.25, 0.3) is 0 Å². The summed E-state index contributed by atoms with van der Waals surface area (Å²) in [5, 5.41) is 0. The monoisotopic (exact) mass is 900 g/mol. The van der Waals surface area contributed by atoms with Crippen molar-refractivity contribution >= 4 is 39.8 Å². The Kier molecular flexibility index (Phi) is 27.1. The van der Waals surface area contributed by atoms with E-state index in [1.807, 2.05) is 34.9 Å². The van der Waals surface area contributed by atoms with Gasteiger partial charge in [0.2, 0.25) is 0 Å². The predicted octanol–water partition coefficient (Wildman–Crippen LogP) is 6.45. The molecule has 0 N–H and O–H groups in total. The molecule has 50 heavy (non-hydrogen) atoms. The van der Waals surface area contributed by atoms with Crippen LogP contribution in [0.2, 0.25) is 0 Å². The van der Waals surface area contributed by atoms with Gasteiger partial charge in [0.05, 0.1) is 55.4 Å². The Morgan fingerprint density at radius 1 is 0.520 bits per heavy atom. The number of benzene rings is 1. The van der Waals surface area contributed by atoms with Crippen LogP contribution < -0.4 is 24.8 Å². The van der Waals surface area contributed by atoms with Gasteiger partial charge in [-0.05, 0) is 74.0 Å². The summed E-state index contributed by atoms with van der Waals surface area (Å²) in [6.45, 7) is 2.80. The molecule has 1 aromatic carbocycles. The third kappa shape index (κ3) is 21.7. The minimum absolute atomic E-state index is 0. The van der Waals surface area contributed by atoms with Crippen molar-refractivity contribution in [1.82, 2.24) is 0 Å². The van der Waals surface area contributed by atoms with Gasteiger partial charge in [0.15, 0.2) is 0 Å². The molecule has 0 saturated heterocycles. The Labute approximate surface area is 339 Å². The Bertz CT molecular complexity index is 902. The second-order valence-electron chi connectivity index (χ2n) is 17.4. The molecule has 0 aliphatic heterocycles. The summed E-state index contributed by atoms with van der Waals surface area (Å²) in [7, 11) is 26.2. The van der Waals surface area contributed by atoms with Gasteiger partial charge in [-0.1, -0.05) is 92.9 Å². The van der Waals surface area contributed by atoms with Gasteiger partial charge >= 0.3 is 73.4 Å².